The molecule has 0 saturated carbocycles. The molecule has 2 aliphatic heterocycles. The minimum atomic E-state index is -4.81. The van der Waals surface area contributed by atoms with Crippen LogP contribution in [0.1, 0.15) is 57.6 Å². The van der Waals surface area contributed by atoms with Gasteiger partial charge in [0, 0.05) is 30.1 Å². The molecule has 0 radical (unpaired) electrons. The normalized spacial score (nSPS) is 18.2. The zero-order valence-electron chi connectivity index (χ0n) is 20.4. The number of halogens is 5. The largest absolute Gasteiger partial charge is 0.573 e. The van der Waals surface area contributed by atoms with Crippen molar-refractivity contribution in [3.8, 4) is 5.75 Å². The first-order chi connectivity index (χ1) is 17.9. The fraction of sp³-hybridized carbons (Fsp3) is 0.346. The van der Waals surface area contributed by atoms with Crippen LogP contribution in [0.4, 0.5) is 13.2 Å². The van der Waals surface area contributed by atoms with Gasteiger partial charge in [0.25, 0.3) is 11.8 Å². The number of carbonyl (C=O) groups excluding carboxylic acids is 2. The molecule has 2 aromatic carbocycles. The number of aromatic nitrogens is 2. The van der Waals surface area contributed by atoms with Gasteiger partial charge in [-0.05, 0) is 49.7 Å². The van der Waals surface area contributed by atoms with Gasteiger partial charge in [-0.25, -0.2) is 0 Å². The second-order valence-corrected chi connectivity index (χ2v) is 10.2. The summed E-state index contributed by atoms with van der Waals surface area (Å²) in [5, 5.41) is 5.27. The molecule has 3 aromatic rings. The molecule has 0 spiro atoms. The quantitative estimate of drug-likeness (QED) is 0.394. The highest BCUT2D eigenvalue weighted by molar-refractivity contribution is 6.42. The molecule has 12 heteroatoms. The minimum absolute atomic E-state index is 0.164. The zero-order chi connectivity index (χ0) is 27.4. The molecule has 7 nitrogen and oxygen atoms in total. The number of fused-ring (bicyclic) bond motifs is 3. The van der Waals surface area contributed by atoms with E-state index in [4.69, 9.17) is 23.2 Å². The van der Waals surface area contributed by atoms with E-state index in [9.17, 15) is 22.8 Å². The summed E-state index contributed by atoms with van der Waals surface area (Å²) in [6.07, 6.45) is -4.34. The SMILES string of the molecule is CC(c1cccc(OC(F)(F)F)c1)N1CCn2nc3c(c2C1=O)CN(C(=O)c1ccc(Cl)c(Cl)c1)[C@H](C)C3. The van der Waals surface area contributed by atoms with Crippen LogP contribution < -0.4 is 4.74 Å². The second kappa shape index (κ2) is 9.81. The first-order valence-corrected chi connectivity index (χ1v) is 12.7. The highest BCUT2D eigenvalue weighted by Gasteiger charge is 2.39. The third-order valence-corrected chi connectivity index (χ3v) is 7.71. The van der Waals surface area contributed by atoms with Crippen LogP contribution in [-0.2, 0) is 19.5 Å². The first-order valence-electron chi connectivity index (χ1n) is 11.9. The zero-order valence-corrected chi connectivity index (χ0v) is 21.9. The molecule has 0 fully saturated rings. The third kappa shape index (κ3) is 4.94. The molecule has 0 N–H and O–H groups in total. The van der Waals surface area contributed by atoms with Gasteiger partial charge in [-0.1, -0.05) is 35.3 Å². The van der Waals surface area contributed by atoms with E-state index >= 15 is 0 Å². The highest BCUT2D eigenvalue weighted by atomic mass is 35.5. The number of carbonyl (C=O) groups is 2. The van der Waals surface area contributed by atoms with Gasteiger partial charge >= 0.3 is 6.36 Å². The molecular weight excluding hydrogens is 544 g/mol. The lowest BCUT2D eigenvalue weighted by atomic mass is 9.97. The average molecular weight is 567 g/mol. The summed E-state index contributed by atoms with van der Waals surface area (Å²) in [4.78, 5) is 30.3. The molecule has 38 heavy (non-hydrogen) atoms. The van der Waals surface area contributed by atoms with Crippen molar-refractivity contribution in [2.75, 3.05) is 6.54 Å². The Balaban J connectivity index is 1.41. The van der Waals surface area contributed by atoms with E-state index in [1.54, 1.807) is 39.6 Å². The number of alkyl halides is 3. The van der Waals surface area contributed by atoms with Gasteiger partial charge < -0.3 is 14.5 Å². The molecule has 0 bridgehead atoms. The van der Waals surface area contributed by atoms with E-state index in [0.29, 0.717) is 46.9 Å². The summed E-state index contributed by atoms with van der Waals surface area (Å²) in [6.45, 7) is 4.62. The Morgan fingerprint density at radius 2 is 1.89 bits per heavy atom. The van der Waals surface area contributed by atoms with Crippen LogP contribution in [0, 0.1) is 0 Å². The van der Waals surface area contributed by atoms with Crippen molar-refractivity contribution in [1.82, 2.24) is 19.6 Å². The number of nitrogens with zero attached hydrogens (tertiary/aromatic N) is 4. The van der Waals surface area contributed by atoms with Crippen molar-refractivity contribution in [3.05, 3.63) is 80.6 Å². The van der Waals surface area contributed by atoms with Gasteiger partial charge in [-0.15, -0.1) is 13.2 Å². The summed E-state index contributed by atoms with van der Waals surface area (Å²) >= 11 is 12.1. The Morgan fingerprint density at radius 3 is 2.61 bits per heavy atom. The lowest BCUT2D eigenvalue weighted by Crippen LogP contribution is -2.44. The van der Waals surface area contributed by atoms with Crippen LogP contribution >= 0.6 is 23.2 Å². The Hall–Kier alpha value is -3.24. The van der Waals surface area contributed by atoms with E-state index in [2.05, 4.69) is 9.84 Å². The molecule has 5 rings (SSSR count). The van der Waals surface area contributed by atoms with Crippen molar-refractivity contribution in [2.24, 2.45) is 0 Å². The van der Waals surface area contributed by atoms with Gasteiger partial charge in [0.1, 0.15) is 11.4 Å². The van der Waals surface area contributed by atoms with Crippen molar-refractivity contribution >= 4 is 35.0 Å². The Labute approximate surface area is 226 Å². The average Bonchev–Trinajstić information content (AvgIpc) is 3.21. The number of rotatable bonds is 4. The molecule has 200 valence electrons. The number of hydrogen-bond acceptors (Lipinski definition) is 4. The Morgan fingerprint density at radius 1 is 1.13 bits per heavy atom. The second-order valence-electron chi connectivity index (χ2n) is 9.41. The molecule has 0 aliphatic carbocycles. The molecule has 2 amide bonds. The molecule has 1 aromatic heterocycles. The lowest BCUT2D eigenvalue weighted by molar-refractivity contribution is -0.274. The maximum Gasteiger partial charge on any atom is 0.573 e. The van der Waals surface area contributed by atoms with Gasteiger partial charge in [0.05, 0.1) is 34.9 Å². The first kappa shape index (κ1) is 26.4. The summed E-state index contributed by atoms with van der Waals surface area (Å²) in [7, 11) is 0. The van der Waals surface area contributed by atoms with Crippen LogP contribution in [-0.4, -0.2) is 50.3 Å². The number of ether oxygens (including phenoxy) is 1. The van der Waals surface area contributed by atoms with E-state index in [1.165, 1.54) is 24.3 Å². The molecule has 2 aliphatic rings. The standard InChI is InChI=1S/C26H23Cl2F3N4O3/c1-14-10-22-19(13-34(14)24(36)17-6-7-20(27)21(28)12-17)23-25(37)33(8-9-35(23)32-22)15(2)16-4-3-5-18(11-16)38-26(29,30)31/h3-7,11-12,14-15H,8-10,13H2,1-2H3/t14-,15?/m1/s1. The molecule has 3 heterocycles. The molecular formula is C26H23Cl2F3N4O3. The maximum absolute atomic E-state index is 13.7. The smallest absolute Gasteiger partial charge is 0.406 e. The fourth-order valence-corrected chi connectivity index (χ4v) is 5.32. The van der Waals surface area contributed by atoms with Crippen molar-refractivity contribution < 1.29 is 27.5 Å². The van der Waals surface area contributed by atoms with Crippen LogP contribution in [0.5, 0.6) is 5.75 Å². The van der Waals surface area contributed by atoms with Gasteiger partial charge in [0.2, 0.25) is 0 Å². The maximum atomic E-state index is 13.7. The van der Waals surface area contributed by atoms with Crippen LogP contribution in [0.3, 0.4) is 0 Å². The topological polar surface area (TPSA) is 67.7 Å². The van der Waals surface area contributed by atoms with Gasteiger partial charge in [0.15, 0.2) is 0 Å². The number of benzene rings is 2. The Bertz CT molecular complexity index is 1430. The predicted octanol–water partition coefficient (Wildman–Crippen LogP) is 5.89. The lowest BCUT2D eigenvalue weighted by Gasteiger charge is -2.35. The van der Waals surface area contributed by atoms with Crippen molar-refractivity contribution in [1.29, 1.82) is 0 Å². The fourth-order valence-electron chi connectivity index (χ4n) is 5.02. The molecule has 2 atom stereocenters. The summed E-state index contributed by atoms with van der Waals surface area (Å²) < 4.78 is 43.8. The minimum Gasteiger partial charge on any atom is -0.406 e. The molecule has 1 unspecified atom stereocenters. The van der Waals surface area contributed by atoms with Crippen LogP contribution in [0.25, 0.3) is 0 Å². The highest BCUT2D eigenvalue weighted by Crippen LogP contribution is 2.34. The number of amides is 2. The van der Waals surface area contributed by atoms with Gasteiger partial charge in [-0.3, -0.25) is 14.3 Å². The van der Waals surface area contributed by atoms with Crippen molar-refractivity contribution in [2.45, 2.75) is 51.8 Å². The monoisotopic (exact) mass is 566 g/mol. The third-order valence-electron chi connectivity index (χ3n) is 6.97. The molecule has 0 saturated heterocycles. The van der Waals surface area contributed by atoms with Crippen molar-refractivity contribution in [3.63, 3.8) is 0 Å². The van der Waals surface area contributed by atoms with Crippen LogP contribution in [0.15, 0.2) is 42.5 Å². The Kier molecular flexibility index (Phi) is 6.81. The van der Waals surface area contributed by atoms with Gasteiger partial charge in [-0.2, -0.15) is 5.10 Å². The van der Waals surface area contributed by atoms with E-state index in [-0.39, 0.29) is 35.2 Å². The summed E-state index contributed by atoms with van der Waals surface area (Å²) in [6, 6.07) is 9.63. The van der Waals surface area contributed by atoms with Crippen LogP contribution in [0.2, 0.25) is 10.0 Å². The predicted molar refractivity (Wildman–Crippen MR) is 134 cm³/mol. The van der Waals surface area contributed by atoms with E-state index in [0.717, 1.165) is 5.69 Å². The van der Waals surface area contributed by atoms with E-state index < -0.39 is 12.4 Å². The summed E-state index contributed by atoms with van der Waals surface area (Å²) in [5.41, 5.74) is 2.71. The number of hydrogen-bond donors (Lipinski definition) is 0. The van der Waals surface area contributed by atoms with E-state index in [1.807, 2.05) is 6.92 Å². The summed E-state index contributed by atoms with van der Waals surface area (Å²) in [5.74, 6) is -0.882.